The highest BCUT2D eigenvalue weighted by Crippen LogP contribution is 2.38. The van der Waals surface area contributed by atoms with Crippen molar-refractivity contribution in [3.8, 4) is 22.6 Å². The van der Waals surface area contributed by atoms with Crippen LogP contribution in [0.25, 0.3) is 11.1 Å². The third kappa shape index (κ3) is 7.43. The van der Waals surface area contributed by atoms with Crippen molar-refractivity contribution in [1.82, 2.24) is 4.90 Å². The molecule has 5 heteroatoms. The number of esters is 1. The molecule has 0 spiro atoms. The molecule has 0 aliphatic carbocycles. The number of aliphatic hydroxyl groups excluding tert-OH is 1. The Morgan fingerprint density at radius 3 is 2.12 bits per heavy atom. The van der Waals surface area contributed by atoms with Crippen LogP contribution in [-0.2, 0) is 4.79 Å². The third-order valence-corrected chi connectivity index (χ3v) is 8.21. The number of aliphatic hydroxyl groups is 1. The Labute approximate surface area is 243 Å². The minimum absolute atomic E-state index is 0.304. The molecule has 0 saturated carbocycles. The Morgan fingerprint density at radius 1 is 0.829 bits per heavy atom. The molecule has 1 aliphatic rings. The topological polar surface area (TPSA) is 70.0 Å². The van der Waals surface area contributed by atoms with E-state index in [1.165, 1.54) is 18.1 Å². The Bertz CT molecular complexity index is 1390. The highest BCUT2D eigenvalue weighted by molar-refractivity contribution is 5.76. The summed E-state index contributed by atoms with van der Waals surface area (Å²) in [5.74, 6) is 1.37. The molecule has 1 aliphatic heterocycles. The highest BCUT2D eigenvalue weighted by atomic mass is 16.5. The quantitative estimate of drug-likeness (QED) is 0.160. The van der Waals surface area contributed by atoms with Crippen molar-refractivity contribution >= 4 is 5.97 Å². The van der Waals surface area contributed by atoms with Gasteiger partial charge < -0.3 is 19.8 Å². The van der Waals surface area contributed by atoms with E-state index in [1.807, 2.05) is 42.5 Å². The van der Waals surface area contributed by atoms with Gasteiger partial charge in [0.1, 0.15) is 11.5 Å². The molecule has 1 fully saturated rings. The van der Waals surface area contributed by atoms with E-state index in [0.29, 0.717) is 29.8 Å². The van der Waals surface area contributed by atoms with E-state index in [1.54, 1.807) is 18.2 Å². The first kappa shape index (κ1) is 28.6. The standard InChI is InChI=1S/C36H39NO4/c1-26(38)41-35-12-6-5-10-33(35)27-13-15-28(16-14-27)34(40)11-7-23-37-24-21-31(22-25-37)36(29-8-3-2-4-9-29)30-17-19-32(39)20-18-30/h2-6,8-10,12-20,31,34,36,39-40H,7,11,21-25H2,1H3. The Hall–Kier alpha value is -3.93. The van der Waals surface area contributed by atoms with Crippen LogP contribution in [0.3, 0.4) is 0 Å². The summed E-state index contributed by atoms with van der Waals surface area (Å²) in [7, 11) is 0. The van der Waals surface area contributed by atoms with Gasteiger partial charge >= 0.3 is 5.97 Å². The van der Waals surface area contributed by atoms with E-state index in [0.717, 1.165) is 55.6 Å². The zero-order chi connectivity index (χ0) is 28.6. The van der Waals surface area contributed by atoms with Crippen LogP contribution in [0.2, 0.25) is 0 Å². The lowest BCUT2D eigenvalue weighted by atomic mass is 9.76. The Kier molecular flexibility index (Phi) is 9.50. The number of para-hydroxylation sites is 1. The summed E-state index contributed by atoms with van der Waals surface area (Å²) in [5.41, 5.74) is 5.29. The summed E-state index contributed by atoms with van der Waals surface area (Å²) < 4.78 is 5.35. The molecule has 4 aromatic rings. The molecule has 41 heavy (non-hydrogen) atoms. The van der Waals surface area contributed by atoms with E-state index in [9.17, 15) is 15.0 Å². The van der Waals surface area contributed by atoms with E-state index in [2.05, 4.69) is 47.4 Å². The zero-order valence-electron chi connectivity index (χ0n) is 23.7. The predicted molar refractivity (Wildman–Crippen MR) is 163 cm³/mol. The van der Waals surface area contributed by atoms with Gasteiger partial charge in [0, 0.05) is 18.4 Å². The van der Waals surface area contributed by atoms with Crippen LogP contribution >= 0.6 is 0 Å². The average molecular weight is 550 g/mol. The zero-order valence-corrected chi connectivity index (χ0v) is 23.7. The van der Waals surface area contributed by atoms with E-state index < -0.39 is 6.10 Å². The van der Waals surface area contributed by atoms with Gasteiger partial charge in [-0.1, -0.05) is 84.9 Å². The van der Waals surface area contributed by atoms with Crippen LogP contribution in [0.15, 0.2) is 103 Å². The number of hydrogen-bond donors (Lipinski definition) is 2. The molecule has 5 nitrogen and oxygen atoms in total. The van der Waals surface area contributed by atoms with E-state index in [-0.39, 0.29) is 5.97 Å². The summed E-state index contributed by atoms with van der Waals surface area (Å²) in [6, 6.07) is 33.8. The van der Waals surface area contributed by atoms with Crippen molar-refractivity contribution in [2.75, 3.05) is 19.6 Å². The summed E-state index contributed by atoms with van der Waals surface area (Å²) in [4.78, 5) is 14.0. The van der Waals surface area contributed by atoms with Crippen molar-refractivity contribution in [1.29, 1.82) is 0 Å². The number of carbonyl (C=O) groups excluding carboxylic acids is 1. The minimum Gasteiger partial charge on any atom is -0.508 e. The van der Waals surface area contributed by atoms with Crippen LogP contribution in [0.4, 0.5) is 0 Å². The van der Waals surface area contributed by atoms with E-state index >= 15 is 0 Å². The molecule has 1 saturated heterocycles. The lowest BCUT2D eigenvalue weighted by Gasteiger charge is -2.37. The molecule has 4 aromatic carbocycles. The number of nitrogens with zero attached hydrogens (tertiary/aromatic N) is 1. The molecule has 1 heterocycles. The lowest BCUT2D eigenvalue weighted by Crippen LogP contribution is -2.36. The van der Waals surface area contributed by atoms with Gasteiger partial charge in [0.2, 0.25) is 0 Å². The van der Waals surface area contributed by atoms with Crippen molar-refractivity contribution in [3.05, 3.63) is 120 Å². The molecule has 2 N–H and O–H groups in total. The summed E-state index contributed by atoms with van der Waals surface area (Å²) in [5, 5.41) is 20.7. The number of piperidine rings is 1. The normalized spacial score (nSPS) is 15.8. The maximum Gasteiger partial charge on any atom is 0.308 e. The van der Waals surface area contributed by atoms with Crippen LogP contribution in [0.1, 0.15) is 61.3 Å². The molecule has 0 radical (unpaired) electrons. The van der Waals surface area contributed by atoms with Crippen molar-refractivity contribution in [2.24, 2.45) is 5.92 Å². The number of benzene rings is 4. The van der Waals surface area contributed by atoms with Gasteiger partial charge in [-0.2, -0.15) is 0 Å². The van der Waals surface area contributed by atoms with Crippen LogP contribution in [-0.4, -0.2) is 40.7 Å². The SMILES string of the molecule is CC(=O)Oc1ccccc1-c1ccc(C(O)CCCN2CCC(C(c3ccccc3)c3ccc(O)cc3)CC2)cc1. The maximum absolute atomic E-state index is 11.5. The first-order valence-corrected chi connectivity index (χ1v) is 14.6. The third-order valence-electron chi connectivity index (χ3n) is 8.21. The van der Waals surface area contributed by atoms with Crippen LogP contribution in [0, 0.1) is 5.92 Å². The fraction of sp³-hybridized carbons (Fsp3) is 0.306. The Balaban J connectivity index is 1.13. The molecule has 5 rings (SSSR count). The summed E-state index contributed by atoms with van der Waals surface area (Å²) in [6.45, 7) is 4.49. The monoisotopic (exact) mass is 549 g/mol. The molecular formula is C36H39NO4. The number of likely N-dealkylation sites (tertiary alicyclic amines) is 1. The molecule has 2 unspecified atom stereocenters. The summed E-state index contributed by atoms with van der Waals surface area (Å²) >= 11 is 0. The number of phenols is 1. The second-order valence-electron chi connectivity index (χ2n) is 11.0. The van der Waals surface area contributed by atoms with E-state index in [4.69, 9.17) is 4.74 Å². The molecule has 0 bridgehead atoms. The fourth-order valence-corrected chi connectivity index (χ4v) is 6.10. The number of phenolic OH excluding ortho intramolecular Hbond substituents is 1. The Morgan fingerprint density at radius 2 is 1.44 bits per heavy atom. The van der Waals surface area contributed by atoms with Crippen molar-refractivity contribution in [2.45, 2.75) is 44.6 Å². The van der Waals surface area contributed by atoms with Gasteiger partial charge in [0.15, 0.2) is 0 Å². The first-order valence-electron chi connectivity index (χ1n) is 14.6. The molecular weight excluding hydrogens is 510 g/mol. The van der Waals surface area contributed by atoms with Crippen molar-refractivity contribution in [3.63, 3.8) is 0 Å². The maximum atomic E-state index is 11.5. The molecule has 0 aromatic heterocycles. The van der Waals surface area contributed by atoms with Gasteiger partial charge in [0.05, 0.1) is 6.10 Å². The number of aromatic hydroxyl groups is 1. The summed E-state index contributed by atoms with van der Waals surface area (Å²) in [6.07, 6.45) is 3.38. The number of carbonyl (C=O) groups is 1. The van der Waals surface area contributed by atoms with Gasteiger partial charge in [-0.05, 0) is 91.7 Å². The molecule has 212 valence electrons. The van der Waals surface area contributed by atoms with Crippen LogP contribution in [0.5, 0.6) is 11.5 Å². The van der Waals surface area contributed by atoms with Gasteiger partial charge in [-0.25, -0.2) is 0 Å². The van der Waals surface area contributed by atoms with Crippen molar-refractivity contribution < 1.29 is 19.7 Å². The second kappa shape index (κ2) is 13.6. The fourth-order valence-electron chi connectivity index (χ4n) is 6.10. The smallest absolute Gasteiger partial charge is 0.308 e. The largest absolute Gasteiger partial charge is 0.508 e. The average Bonchev–Trinajstić information content (AvgIpc) is 3.00. The number of ether oxygens (including phenoxy) is 1. The first-order chi connectivity index (χ1) is 20.0. The molecule has 0 amide bonds. The lowest BCUT2D eigenvalue weighted by molar-refractivity contribution is -0.131. The van der Waals surface area contributed by atoms with Gasteiger partial charge in [-0.15, -0.1) is 0 Å². The second-order valence-corrected chi connectivity index (χ2v) is 11.0. The number of rotatable bonds is 10. The number of hydrogen-bond acceptors (Lipinski definition) is 5. The molecule has 2 atom stereocenters. The minimum atomic E-state index is -0.512. The van der Waals surface area contributed by atoms with Gasteiger partial charge in [0.25, 0.3) is 0 Å². The predicted octanol–water partition coefficient (Wildman–Crippen LogP) is 7.34. The highest BCUT2D eigenvalue weighted by Gasteiger charge is 2.29. The van der Waals surface area contributed by atoms with Crippen LogP contribution < -0.4 is 4.74 Å². The van der Waals surface area contributed by atoms with Gasteiger partial charge in [-0.3, -0.25) is 4.79 Å².